The second-order valence-corrected chi connectivity index (χ2v) is 7.90. The fraction of sp³-hybridized carbons (Fsp3) is 0.370. The summed E-state index contributed by atoms with van der Waals surface area (Å²) in [6, 6.07) is 23.5. The lowest BCUT2D eigenvalue weighted by atomic mass is 10.1. The molecule has 0 amide bonds. The Morgan fingerprint density at radius 1 is 0.600 bits per heavy atom. The van der Waals surface area contributed by atoms with Gasteiger partial charge >= 0.3 is 0 Å². The molecule has 2 aromatic carbocycles. The smallest absolute Gasteiger partial charge is 0.0887 e. The van der Waals surface area contributed by atoms with Crippen LogP contribution in [0.5, 0.6) is 0 Å². The van der Waals surface area contributed by atoms with Crippen molar-refractivity contribution in [2.75, 3.05) is 13.2 Å². The van der Waals surface area contributed by atoms with Gasteiger partial charge in [0.15, 0.2) is 0 Å². The van der Waals surface area contributed by atoms with Crippen molar-refractivity contribution in [2.45, 2.75) is 52.7 Å². The lowest BCUT2D eigenvalue weighted by molar-refractivity contribution is 0.110. The van der Waals surface area contributed by atoms with Crippen LogP contribution in [0.25, 0.3) is 0 Å². The van der Waals surface area contributed by atoms with Gasteiger partial charge in [-0.25, -0.2) is 0 Å². The minimum absolute atomic E-state index is 0.551. The minimum atomic E-state index is 0.551. The zero-order valence-electron chi connectivity index (χ0n) is 18.3. The van der Waals surface area contributed by atoms with E-state index in [1.54, 1.807) is 0 Å². The average molecular weight is 404 g/mol. The van der Waals surface area contributed by atoms with Gasteiger partial charge in [-0.3, -0.25) is 4.98 Å². The van der Waals surface area contributed by atoms with Crippen molar-refractivity contribution in [1.29, 1.82) is 0 Å². The lowest BCUT2D eigenvalue weighted by Gasteiger charge is -2.08. The maximum Gasteiger partial charge on any atom is 0.0887 e. The Kier molecular flexibility index (Phi) is 9.07. The molecule has 3 nitrogen and oxygen atoms in total. The van der Waals surface area contributed by atoms with Gasteiger partial charge in [0, 0.05) is 13.2 Å². The molecule has 3 heteroatoms. The first kappa shape index (κ1) is 22.2. The molecule has 158 valence electrons. The quantitative estimate of drug-likeness (QED) is 0.348. The highest BCUT2D eigenvalue weighted by Gasteiger charge is 2.01. The number of hydrogen-bond acceptors (Lipinski definition) is 3. The van der Waals surface area contributed by atoms with Crippen molar-refractivity contribution in [3.63, 3.8) is 0 Å². The first-order valence-electron chi connectivity index (χ1n) is 10.9. The van der Waals surface area contributed by atoms with E-state index in [-0.39, 0.29) is 0 Å². The van der Waals surface area contributed by atoms with E-state index in [4.69, 9.17) is 9.47 Å². The minimum Gasteiger partial charge on any atom is -0.375 e. The summed E-state index contributed by atoms with van der Waals surface area (Å²) < 4.78 is 11.6. The van der Waals surface area contributed by atoms with E-state index in [9.17, 15) is 0 Å². The number of aromatic nitrogens is 1. The van der Waals surface area contributed by atoms with Crippen LogP contribution in [0.4, 0.5) is 0 Å². The molecule has 3 aromatic rings. The van der Waals surface area contributed by atoms with Crippen molar-refractivity contribution in [1.82, 2.24) is 4.98 Å². The molecule has 0 aliphatic carbocycles. The van der Waals surface area contributed by atoms with E-state index < -0.39 is 0 Å². The third kappa shape index (κ3) is 8.10. The van der Waals surface area contributed by atoms with Gasteiger partial charge in [0.25, 0.3) is 0 Å². The number of pyridine rings is 1. The molecular formula is C27H33NO2. The highest BCUT2D eigenvalue weighted by atomic mass is 16.5. The molecule has 0 bridgehead atoms. The number of hydrogen-bond donors (Lipinski definition) is 0. The molecular weight excluding hydrogens is 370 g/mol. The highest BCUT2D eigenvalue weighted by molar-refractivity contribution is 5.22. The number of ether oxygens (including phenoxy) is 2. The Bertz CT molecular complexity index is 801. The molecule has 0 fully saturated rings. The average Bonchev–Trinajstić information content (AvgIpc) is 2.76. The van der Waals surface area contributed by atoms with E-state index in [0.29, 0.717) is 13.2 Å². The maximum absolute atomic E-state index is 5.82. The third-order valence-corrected chi connectivity index (χ3v) is 5.11. The standard InChI is InChI=1S/C27H33NO2/c1-22-10-14-24(15-11-22)6-4-18-29-20-26-8-3-9-27(28-26)21-30-19-5-7-25-16-12-23(2)13-17-25/h3,8-17H,4-7,18-21H2,1-2H3. The molecule has 1 aromatic heterocycles. The largest absolute Gasteiger partial charge is 0.375 e. The van der Waals surface area contributed by atoms with Crippen LogP contribution >= 0.6 is 0 Å². The Balaban J connectivity index is 1.29. The van der Waals surface area contributed by atoms with Crippen LogP contribution in [0, 0.1) is 13.8 Å². The van der Waals surface area contributed by atoms with Gasteiger partial charge in [-0.1, -0.05) is 65.7 Å². The second kappa shape index (κ2) is 12.3. The van der Waals surface area contributed by atoms with E-state index in [1.807, 2.05) is 18.2 Å². The van der Waals surface area contributed by atoms with Crippen molar-refractivity contribution < 1.29 is 9.47 Å². The first-order valence-corrected chi connectivity index (χ1v) is 10.9. The molecule has 1 heterocycles. The van der Waals surface area contributed by atoms with Crippen molar-refractivity contribution in [3.8, 4) is 0 Å². The van der Waals surface area contributed by atoms with Gasteiger partial charge in [-0.05, 0) is 62.8 Å². The molecule has 0 aliphatic heterocycles. The normalized spacial score (nSPS) is 11.0. The Morgan fingerprint density at radius 2 is 1.03 bits per heavy atom. The zero-order chi connectivity index (χ0) is 21.0. The number of aryl methyl sites for hydroxylation is 4. The molecule has 0 unspecified atom stereocenters. The van der Waals surface area contributed by atoms with Crippen LogP contribution in [0.3, 0.4) is 0 Å². The molecule has 3 rings (SSSR count). The molecule has 0 spiro atoms. The van der Waals surface area contributed by atoms with E-state index >= 15 is 0 Å². The predicted molar refractivity (Wildman–Crippen MR) is 123 cm³/mol. The van der Waals surface area contributed by atoms with E-state index in [0.717, 1.165) is 50.3 Å². The van der Waals surface area contributed by atoms with Crippen LogP contribution in [0.15, 0.2) is 66.7 Å². The van der Waals surface area contributed by atoms with Gasteiger partial charge in [-0.15, -0.1) is 0 Å². The fourth-order valence-electron chi connectivity index (χ4n) is 3.31. The monoisotopic (exact) mass is 403 g/mol. The summed E-state index contributed by atoms with van der Waals surface area (Å²) in [5.41, 5.74) is 7.26. The molecule has 0 N–H and O–H groups in total. The van der Waals surface area contributed by atoms with Gasteiger partial charge in [0.1, 0.15) is 0 Å². The highest BCUT2D eigenvalue weighted by Crippen LogP contribution is 2.09. The summed E-state index contributed by atoms with van der Waals surface area (Å²) in [6.45, 7) is 6.82. The van der Waals surface area contributed by atoms with E-state index in [1.165, 1.54) is 22.3 Å². The summed E-state index contributed by atoms with van der Waals surface area (Å²) in [5.74, 6) is 0. The topological polar surface area (TPSA) is 31.4 Å². The van der Waals surface area contributed by atoms with Gasteiger partial charge < -0.3 is 9.47 Å². The molecule has 0 atom stereocenters. The summed E-state index contributed by atoms with van der Waals surface area (Å²) in [7, 11) is 0. The van der Waals surface area contributed by atoms with Crippen molar-refractivity contribution in [2.24, 2.45) is 0 Å². The molecule has 30 heavy (non-hydrogen) atoms. The number of nitrogens with zero attached hydrogens (tertiary/aromatic N) is 1. The zero-order valence-corrected chi connectivity index (χ0v) is 18.3. The van der Waals surface area contributed by atoms with Gasteiger partial charge in [0.05, 0.1) is 24.6 Å². The third-order valence-electron chi connectivity index (χ3n) is 5.11. The van der Waals surface area contributed by atoms with Crippen LogP contribution < -0.4 is 0 Å². The number of benzene rings is 2. The summed E-state index contributed by atoms with van der Waals surface area (Å²) in [4.78, 5) is 4.65. The van der Waals surface area contributed by atoms with Gasteiger partial charge in [-0.2, -0.15) is 0 Å². The fourth-order valence-corrected chi connectivity index (χ4v) is 3.31. The van der Waals surface area contributed by atoms with Crippen LogP contribution in [-0.4, -0.2) is 18.2 Å². The SMILES string of the molecule is Cc1ccc(CCCOCc2cccc(COCCCc3ccc(C)cc3)n2)cc1. The van der Waals surface area contributed by atoms with Crippen molar-refractivity contribution in [3.05, 3.63) is 100 Å². The van der Waals surface area contributed by atoms with E-state index in [2.05, 4.69) is 67.4 Å². The maximum atomic E-state index is 5.82. The molecule has 0 saturated carbocycles. The Labute approximate surface area is 181 Å². The summed E-state index contributed by atoms with van der Waals surface area (Å²) in [6.07, 6.45) is 4.13. The number of rotatable bonds is 12. The van der Waals surface area contributed by atoms with Gasteiger partial charge in [0.2, 0.25) is 0 Å². The summed E-state index contributed by atoms with van der Waals surface area (Å²) >= 11 is 0. The summed E-state index contributed by atoms with van der Waals surface area (Å²) in [5, 5.41) is 0. The van der Waals surface area contributed by atoms with Crippen molar-refractivity contribution >= 4 is 0 Å². The molecule has 0 radical (unpaired) electrons. The first-order chi connectivity index (χ1) is 14.7. The predicted octanol–water partition coefficient (Wildman–Crippen LogP) is 6.00. The lowest BCUT2D eigenvalue weighted by Crippen LogP contribution is -2.03. The van der Waals surface area contributed by atoms with Crippen LogP contribution in [0.1, 0.15) is 46.5 Å². The van der Waals surface area contributed by atoms with Crippen LogP contribution in [-0.2, 0) is 35.5 Å². The van der Waals surface area contributed by atoms with Crippen LogP contribution in [0.2, 0.25) is 0 Å². The molecule has 0 saturated heterocycles. The molecule has 0 aliphatic rings. The Morgan fingerprint density at radius 3 is 1.47 bits per heavy atom. The Hall–Kier alpha value is -2.49. The second-order valence-electron chi connectivity index (χ2n) is 7.90.